The molecule has 1 fully saturated rings. The summed E-state index contributed by atoms with van der Waals surface area (Å²) >= 11 is 0. The van der Waals surface area contributed by atoms with Crippen molar-refractivity contribution in [2.45, 2.75) is 56.9 Å². The number of ether oxygens (including phenoxy) is 1. The average molecular weight is 457 g/mol. The van der Waals surface area contributed by atoms with Crippen LogP contribution >= 0.6 is 0 Å². The molecular formula is C25H32N2O4S. The minimum absolute atomic E-state index is 0.0182. The molecule has 0 bridgehead atoms. The molecule has 2 aromatic carbocycles. The van der Waals surface area contributed by atoms with E-state index in [4.69, 9.17) is 4.74 Å². The first kappa shape index (κ1) is 22.8. The maximum absolute atomic E-state index is 13.2. The van der Waals surface area contributed by atoms with Crippen LogP contribution in [0.4, 0.5) is 0 Å². The van der Waals surface area contributed by atoms with Crippen molar-refractivity contribution in [3.8, 4) is 5.75 Å². The Labute approximate surface area is 191 Å². The number of benzene rings is 2. The Bertz CT molecular complexity index is 1090. The summed E-state index contributed by atoms with van der Waals surface area (Å²) in [5, 5.41) is 3.00. The van der Waals surface area contributed by atoms with Crippen LogP contribution < -0.4 is 10.1 Å². The summed E-state index contributed by atoms with van der Waals surface area (Å²) in [5.41, 5.74) is 4.47. The predicted octanol–water partition coefficient (Wildman–Crippen LogP) is 3.60. The van der Waals surface area contributed by atoms with Crippen LogP contribution in [0, 0.1) is 12.8 Å². The van der Waals surface area contributed by atoms with Crippen LogP contribution in [0.2, 0.25) is 0 Å². The minimum atomic E-state index is -3.52. The van der Waals surface area contributed by atoms with Crippen molar-refractivity contribution in [2.75, 3.05) is 20.2 Å². The van der Waals surface area contributed by atoms with Crippen LogP contribution in [0.25, 0.3) is 0 Å². The van der Waals surface area contributed by atoms with E-state index in [1.807, 2.05) is 37.3 Å². The molecule has 0 unspecified atom stereocenters. The van der Waals surface area contributed by atoms with Gasteiger partial charge in [-0.25, -0.2) is 8.42 Å². The van der Waals surface area contributed by atoms with Crippen LogP contribution in [-0.2, 0) is 34.2 Å². The summed E-state index contributed by atoms with van der Waals surface area (Å²) < 4.78 is 33.2. The highest BCUT2D eigenvalue weighted by atomic mass is 32.2. The number of sulfonamides is 1. The molecule has 1 amide bonds. The SMILES string of the molecule is COc1cc(CNC(=O)C2CCN(S(=O)(=O)c3ccc4c(c3)CCCC4)CC2)ccc1C. The van der Waals surface area contributed by atoms with E-state index in [9.17, 15) is 13.2 Å². The number of hydrogen-bond donors (Lipinski definition) is 1. The van der Waals surface area contributed by atoms with Crippen LogP contribution in [-0.4, -0.2) is 38.8 Å². The molecule has 2 aromatic rings. The number of carbonyl (C=O) groups is 1. The summed E-state index contributed by atoms with van der Waals surface area (Å²) in [6.45, 7) is 3.15. The van der Waals surface area contributed by atoms with Gasteiger partial charge in [-0.1, -0.05) is 18.2 Å². The molecule has 0 saturated carbocycles. The monoisotopic (exact) mass is 456 g/mol. The number of piperidine rings is 1. The summed E-state index contributed by atoms with van der Waals surface area (Å²) in [7, 11) is -1.89. The molecule has 1 saturated heterocycles. The third kappa shape index (κ3) is 4.84. The quantitative estimate of drug-likeness (QED) is 0.721. The van der Waals surface area contributed by atoms with Crippen molar-refractivity contribution >= 4 is 15.9 Å². The molecular weight excluding hydrogens is 424 g/mol. The van der Waals surface area contributed by atoms with Gasteiger partial charge in [0, 0.05) is 25.6 Å². The highest BCUT2D eigenvalue weighted by Crippen LogP contribution is 2.28. The Kier molecular flexibility index (Phi) is 6.86. The van der Waals surface area contributed by atoms with Gasteiger partial charge in [-0.15, -0.1) is 0 Å². The lowest BCUT2D eigenvalue weighted by Gasteiger charge is -2.31. The first-order chi connectivity index (χ1) is 15.4. The molecule has 0 atom stereocenters. The Morgan fingerprint density at radius 1 is 1.06 bits per heavy atom. The Morgan fingerprint density at radius 2 is 1.78 bits per heavy atom. The van der Waals surface area contributed by atoms with Crippen molar-refractivity contribution in [1.29, 1.82) is 0 Å². The molecule has 2 aliphatic rings. The molecule has 7 heteroatoms. The van der Waals surface area contributed by atoms with Crippen LogP contribution in [0.5, 0.6) is 5.75 Å². The molecule has 1 aliphatic carbocycles. The van der Waals surface area contributed by atoms with Crippen LogP contribution in [0.1, 0.15) is 47.9 Å². The number of nitrogens with zero attached hydrogens (tertiary/aromatic N) is 1. The van der Waals surface area contributed by atoms with Gasteiger partial charge in [-0.3, -0.25) is 4.79 Å². The second-order valence-electron chi connectivity index (χ2n) is 8.84. The third-order valence-corrected chi connectivity index (χ3v) is 8.62. The lowest BCUT2D eigenvalue weighted by molar-refractivity contribution is -0.126. The van der Waals surface area contributed by atoms with Crippen molar-refractivity contribution in [3.05, 3.63) is 58.7 Å². The zero-order chi connectivity index (χ0) is 22.7. The van der Waals surface area contributed by atoms with Gasteiger partial charge in [0.05, 0.1) is 12.0 Å². The maximum Gasteiger partial charge on any atom is 0.243 e. The van der Waals surface area contributed by atoms with E-state index in [1.165, 1.54) is 21.9 Å². The Hall–Kier alpha value is -2.38. The van der Waals surface area contributed by atoms with Gasteiger partial charge < -0.3 is 10.1 Å². The second-order valence-corrected chi connectivity index (χ2v) is 10.8. The predicted molar refractivity (Wildman–Crippen MR) is 124 cm³/mol. The Balaban J connectivity index is 1.33. The summed E-state index contributed by atoms with van der Waals surface area (Å²) in [5.74, 6) is 0.616. The van der Waals surface area contributed by atoms with E-state index < -0.39 is 10.0 Å². The van der Waals surface area contributed by atoms with Crippen molar-refractivity contribution in [2.24, 2.45) is 5.92 Å². The zero-order valence-corrected chi connectivity index (χ0v) is 19.7. The number of rotatable bonds is 6. The number of aryl methyl sites for hydroxylation is 3. The van der Waals surface area contributed by atoms with Gasteiger partial charge in [0.15, 0.2) is 0 Å². The van der Waals surface area contributed by atoms with Crippen molar-refractivity contribution in [1.82, 2.24) is 9.62 Å². The lowest BCUT2D eigenvalue weighted by Crippen LogP contribution is -2.42. The number of methoxy groups -OCH3 is 1. The molecule has 172 valence electrons. The van der Waals surface area contributed by atoms with Gasteiger partial charge in [0.25, 0.3) is 0 Å². The van der Waals surface area contributed by atoms with Gasteiger partial charge in [0.2, 0.25) is 15.9 Å². The largest absolute Gasteiger partial charge is 0.496 e. The molecule has 1 N–H and O–H groups in total. The highest BCUT2D eigenvalue weighted by molar-refractivity contribution is 7.89. The average Bonchev–Trinajstić information content (AvgIpc) is 2.83. The zero-order valence-electron chi connectivity index (χ0n) is 18.9. The number of hydrogen-bond acceptors (Lipinski definition) is 4. The fourth-order valence-electron chi connectivity index (χ4n) is 4.69. The van der Waals surface area contributed by atoms with Gasteiger partial charge in [-0.2, -0.15) is 4.31 Å². The highest BCUT2D eigenvalue weighted by Gasteiger charge is 2.32. The van der Waals surface area contributed by atoms with E-state index in [-0.39, 0.29) is 11.8 Å². The molecule has 0 spiro atoms. The lowest BCUT2D eigenvalue weighted by atomic mass is 9.92. The topological polar surface area (TPSA) is 75.7 Å². The fraction of sp³-hybridized carbons (Fsp3) is 0.480. The van der Waals surface area contributed by atoms with Crippen molar-refractivity contribution < 1.29 is 17.9 Å². The van der Waals surface area contributed by atoms with E-state index in [0.29, 0.717) is 37.4 Å². The third-order valence-electron chi connectivity index (χ3n) is 6.72. The van der Waals surface area contributed by atoms with Crippen LogP contribution in [0.15, 0.2) is 41.3 Å². The number of nitrogens with one attached hydrogen (secondary N) is 1. The molecule has 1 aliphatic heterocycles. The number of fused-ring (bicyclic) bond motifs is 1. The normalized spacial score (nSPS) is 17.6. The minimum Gasteiger partial charge on any atom is -0.496 e. The van der Waals surface area contributed by atoms with Gasteiger partial charge in [0.1, 0.15) is 5.75 Å². The maximum atomic E-state index is 13.2. The van der Waals surface area contributed by atoms with E-state index in [0.717, 1.165) is 36.1 Å². The standard InChI is InChI=1S/C25H32N2O4S/c1-18-7-8-19(15-24(18)31-2)17-26-25(28)21-11-13-27(14-12-21)32(29,30)23-10-9-20-5-3-4-6-22(20)16-23/h7-10,15-16,21H,3-6,11-14,17H2,1-2H3,(H,26,28). The smallest absolute Gasteiger partial charge is 0.243 e. The van der Waals surface area contributed by atoms with E-state index in [2.05, 4.69) is 5.32 Å². The molecule has 0 radical (unpaired) electrons. The van der Waals surface area contributed by atoms with Crippen LogP contribution in [0.3, 0.4) is 0 Å². The first-order valence-corrected chi connectivity index (χ1v) is 12.9. The van der Waals surface area contributed by atoms with E-state index >= 15 is 0 Å². The summed E-state index contributed by atoms with van der Waals surface area (Å²) in [6.07, 6.45) is 5.35. The van der Waals surface area contributed by atoms with Gasteiger partial charge >= 0.3 is 0 Å². The number of carbonyl (C=O) groups excluding carboxylic acids is 1. The molecule has 0 aromatic heterocycles. The molecule has 4 rings (SSSR count). The van der Waals surface area contributed by atoms with Crippen molar-refractivity contribution in [3.63, 3.8) is 0 Å². The summed E-state index contributed by atoms with van der Waals surface area (Å²) in [6, 6.07) is 11.5. The molecule has 6 nitrogen and oxygen atoms in total. The second kappa shape index (κ2) is 9.63. The molecule has 1 heterocycles. The van der Waals surface area contributed by atoms with E-state index in [1.54, 1.807) is 13.2 Å². The first-order valence-electron chi connectivity index (χ1n) is 11.4. The molecule has 32 heavy (non-hydrogen) atoms. The van der Waals surface area contributed by atoms with Gasteiger partial charge in [-0.05, 0) is 85.9 Å². The summed E-state index contributed by atoms with van der Waals surface area (Å²) in [4.78, 5) is 13.1. The fourth-order valence-corrected chi connectivity index (χ4v) is 6.21. The Morgan fingerprint density at radius 3 is 2.50 bits per heavy atom. The number of amides is 1.